The van der Waals surface area contributed by atoms with Crippen molar-refractivity contribution in [3.63, 3.8) is 0 Å². The number of nitrogens with zero attached hydrogens (tertiary/aromatic N) is 1. The van der Waals surface area contributed by atoms with Gasteiger partial charge in [-0.3, -0.25) is 0 Å². The van der Waals surface area contributed by atoms with Crippen LogP contribution in [0.1, 0.15) is 0 Å². The van der Waals surface area contributed by atoms with Crippen molar-refractivity contribution in [3.05, 3.63) is 212 Å². The number of anilines is 3. The van der Waals surface area contributed by atoms with Gasteiger partial charge in [-0.25, -0.2) is 0 Å². The van der Waals surface area contributed by atoms with Gasteiger partial charge in [-0.05, 0) is 98.2 Å². The highest BCUT2D eigenvalue weighted by molar-refractivity contribution is 7.25. The van der Waals surface area contributed by atoms with E-state index in [-0.39, 0.29) is 0 Å². The molecule has 0 saturated heterocycles. The molecule has 10 rings (SSSR count). The predicted molar refractivity (Wildman–Crippen MR) is 233 cm³/mol. The van der Waals surface area contributed by atoms with Crippen LogP contribution in [0.3, 0.4) is 0 Å². The van der Waals surface area contributed by atoms with Gasteiger partial charge in [0.15, 0.2) is 0 Å². The van der Waals surface area contributed by atoms with Crippen molar-refractivity contribution in [1.82, 2.24) is 0 Å². The molecule has 0 bridgehead atoms. The van der Waals surface area contributed by atoms with Gasteiger partial charge < -0.3 is 4.90 Å². The number of para-hydroxylation sites is 1. The normalized spacial score (nSPS) is 11.3. The standard InChI is InChI=1S/C52H35NS/c1-2-12-36(13-3-1)37-24-26-38(27-25-37)39-28-31-43(32-29-39)53(44-17-10-16-41(34-44)46-21-11-15-40-14-4-5-18-45(40)46)50-22-8-6-19-47(50)42-30-33-52-49(35-42)48-20-7-9-23-51(48)54-52/h1-35H. The number of thiophene rings is 1. The zero-order valence-electron chi connectivity index (χ0n) is 29.6. The summed E-state index contributed by atoms with van der Waals surface area (Å²) in [4.78, 5) is 2.42. The summed E-state index contributed by atoms with van der Waals surface area (Å²) in [5.74, 6) is 0. The van der Waals surface area contributed by atoms with E-state index in [1.807, 2.05) is 11.3 Å². The third-order valence-corrected chi connectivity index (χ3v) is 11.6. The monoisotopic (exact) mass is 705 g/mol. The topological polar surface area (TPSA) is 3.24 Å². The van der Waals surface area contributed by atoms with Gasteiger partial charge >= 0.3 is 0 Å². The quantitative estimate of drug-likeness (QED) is 0.160. The van der Waals surface area contributed by atoms with E-state index in [1.165, 1.54) is 75.5 Å². The molecule has 1 heterocycles. The molecule has 1 aromatic heterocycles. The van der Waals surface area contributed by atoms with Crippen LogP contribution in [0.15, 0.2) is 212 Å². The van der Waals surface area contributed by atoms with Crippen LogP contribution < -0.4 is 4.90 Å². The molecular weight excluding hydrogens is 671 g/mol. The smallest absolute Gasteiger partial charge is 0.0540 e. The molecule has 0 aliphatic heterocycles. The molecule has 10 aromatic rings. The van der Waals surface area contributed by atoms with Gasteiger partial charge in [-0.2, -0.15) is 0 Å². The average Bonchev–Trinajstić information content (AvgIpc) is 3.63. The van der Waals surface area contributed by atoms with E-state index in [4.69, 9.17) is 0 Å². The lowest BCUT2D eigenvalue weighted by Crippen LogP contribution is -2.11. The lowest BCUT2D eigenvalue weighted by Gasteiger charge is -2.28. The predicted octanol–water partition coefficient (Wildman–Crippen LogP) is 15.3. The first-order chi connectivity index (χ1) is 26.8. The lowest BCUT2D eigenvalue weighted by molar-refractivity contribution is 1.28. The third kappa shape index (κ3) is 5.84. The number of rotatable bonds is 7. The highest BCUT2D eigenvalue weighted by Gasteiger charge is 2.19. The lowest BCUT2D eigenvalue weighted by atomic mass is 9.96. The second-order valence-corrected chi connectivity index (χ2v) is 14.8. The zero-order valence-corrected chi connectivity index (χ0v) is 30.4. The summed E-state index contributed by atoms with van der Waals surface area (Å²) in [6.45, 7) is 0. The van der Waals surface area contributed by atoms with E-state index in [1.54, 1.807) is 0 Å². The molecule has 0 radical (unpaired) electrons. The van der Waals surface area contributed by atoms with Gasteiger partial charge in [-0.15, -0.1) is 11.3 Å². The van der Waals surface area contributed by atoms with Crippen LogP contribution in [0.4, 0.5) is 17.1 Å². The summed E-state index contributed by atoms with van der Waals surface area (Å²) >= 11 is 1.86. The number of fused-ring (bicyclic) bond motifs is 4. The average molecular weight is 706 g/mol. The van der Waals surface area contributed by atoms with E-state index >= 15 is 0 Å². The molecule has 54 heavy (non-hydrogen) atoms. The molecule has 0 fully saturated rings. The van der Waals surface area contributed by atoms with Crippen LogP contribution in [-0.4, -0.2) is 0 Å². The fourth-order valence-corrected chi connectivity index (χ4v) is 8.90. The van der Waals surface area contributed by atoms with Gasteiger partial charge in [0.2, 0.25) is 0 Å². The summed E-state index contributed by atoms with van der Waals surface area (Å²) in [6, 6.07) is 77.2. The van der Waals surface area contributed by atoms with E-state index in [0.717, 1.165) is 17.1 Å². The summed E-state index contributed by atoms with van der Waals surface area (Å²) in [6.07, 6.45) is 0. The summed E-state index contributed by atoms with van der Waals surface area (Å²) in [5.41, 5.74) is 13.0. The molecule has 0 atom stereocenters. The first kappa shape index (κ1) is 32.0. The Bertz CT molecular complexity index is 2920. The second kappa shape index (κ2) is 13.7. The Morgan fingerprint density at radius 1 is 0.296 bits per heavy atom. The molecule has 0 saturated carbocycles. The van der Waals surface area contributed by atoms with E-state index in [9.17, 15) is 0 Å². The van der Waals surface area contributed by atoms with Crippen molar-refractivity contribution in [1.29, 1.82) is 0 Å². The van der Waals surface area contributed by atoms with Crippen LogP contribution in [0, 0.1) is 0 Å². The number of hydrogen-bond donors (Lipinski definition) is 0. The second-order valence-electron chi connectivity index (χ2n) is 13.7. The molecule has 0 unspecified atom stereocenters. The third-order valence-electron chi connectivity index (χ3n) is 10.5. The molecular formula is C52H35NS. The molecule has 0 aliphatic carbocycles. The molecule has 0 spiro atoms. The minimum atomic E-state index is 1.10. The van der Waals surface area contributed by atoms with Crippen LogP contribution in [-0.2, 0) is 0 Å². The Morgan fingerprint density at radius 3 is 1.65 bits per heavy atom. The van der Waals surface area contributed by atoms with Gasteiger partial charge in [0, 0.05) is 37.1 Å². The van der Waals surface area contributed by atoms with E-state index < -0.39 is 0 Å². The Balaban J connectivity index is 1.11. The molecule has 0 aliphatic rings. The number of benzene rings is 9. The largest absolute Gasteiger partial charge is 0.310 e. The maximum atomic E-state index is 2.42. The van der Waals surface area contributed by atoms with Crippen LogP contribution >= 0.6 is 11.3 Å². The summed E-state index contributed by atoms with van der Waals surface area (Å²) < 4.78 is 2.63. The first-order valence-electron chi connectivity index (χ1n) is 18.4. The SMILES string of the molecule is c1ccc(-c2ccc(-c3ccc(N(c4cccc(-c5cccc6ccccc56)c4)c4ccccc4-c4ccc5sc6ccccc6c5c4)cc3)cc2)cc1. The van der Waals surface area contributed by atoms with Gasteiger partial charge in [0.05, 0.1) is 5.69 Å². The van der Waals surface area contributed by atoms with Crippen molar-refractivity contribution in [2.75, 3.05) is 4.90 Å². The van der Waals surface area contributed by atoms with Crippen molar-refractivity contribution in [2.24, 2.45) is 0 Å². The van der Waals surface area contributed by atoms with E-state index in [2.05, 4.69) is 217 Å². The van der Waals surface area contributed by atoms with Crippen LogP contribution in [0.5, 0.6) is 0 Å². The van der Waals surface area contributed by atoms with Crippen molar-refractivity contribution in [2.45, 2.75) is 0 Å². The van der Waals surface area contributed by atoms with Gasteiger partial charge in [0.25, 0.3) is 0 Å². The highest BCUT2D eigenvalue weighted by atomic mass is 32.1. The zero-order chi connectivity index (χ0) is 35.8. The minimum Gasteiger partial charge on any atom is -0.310 e. The molecule has 0 N–H and O–H groups in total. The molecule has 0 amide bonds. The maximum Gasteiger partial charge on any atom is 0.0540 e. The Hall–Kier alpha value is -6.74. The maximum absolute atomic E-state index is 2.42. The van der Waals surface area contributed by atoms with Gasteiger partial charge in [0.1, 0.15) is 0 Å². The highest BCUT2D eigenvalue weighted by Crippen LogP contribution is 2.44. The summed E-state index contributed by atoms with van der Waals surface area (Å²) in [7, 11) is 0. The Kier molecular flexibility index (Phi) is 8.09. The summed E-state index contributed by atoms with van der Waals surface area (Å²) in [5, 5.41) is 5.10. The first-order valence-corrected chi connectivity index (χ1v) is 19.2. The van der Waals surface area contributed by atoms with Gasteiger partial charge in [-0.1, -0.05) is 164 Å². The van der Waals surface area contributed by atoms with Crippen molar-refractivity contribution in [3.8, 4) is 44.5 Å². The molecule has 1 nitrogen and oxygen atoms in total. The minimum absolute atomic E-state index is 1.10. The molecule has 2 heteroatoms. The van der Waals surface area contributed by atoms with Crippen molar-refractivity contribution >= 4 is 59.3 Å². The molecule has 254 valence electrons. The van der Waals surface area contributed by atoms with Crippen LogP contribution in [0.2, 0.25) is 0 Å². The molecule has 9 aromatic carbocycles. The van der Waals surface area contributed by atoms with E-state index in [0.29, 0.717) is 0 Å². The fourth-order valence-electron chi connectivity index (χ4n) is 7.81. The number of hydrogen-bond acceptors (Lipinski definition) is 2. The fraction of sp³-hybridized carbons (Fsp3) is 0. The Labute approximate surface area is 319 Å². The Morgan fingerprint density at radius 2 is 0.833 bits per heavy atom. The van der Waals surface area contributed by atoms with Crippen molar-refractivity contribution < 1.29 is 0 Å². The van der Waals surface area contributed by atoms with Crippen LogP contribution in [0.25, 0.3) is 75.5 Å².